The van der Waals surface area contributed by atoms with Gasteiger partial charge in [0.15, 0.2) is 0 Å². The van der Waals surface area contributed by atoms with Crippen LogP contribution in [0.1, 0.15) is 61.5 Å². The molecule has 4 atom stereocenters. The van der Waals surface area contributed by atoms with E-state index >= 15 is 0 Å². The van der Waals surface area contributed by atoms with Crippen molar-refractivity contribution >= 4 is 33.4 Å². The molecule has 3 aromatic rings. The lowest BCUT2D eigenvalue weighted by atomic mass is 9.89. The molecule has 0 saturated heterocycles. The van der Waals surface area contributed by atoms with E-state index in [0.717, 1.165) is 9.87 Å². The fourth-order valence-electron chi connectivity index (χ4n) is 5.26. The predicted octanol–water partition coefficient (Wildman–Crippen LogP) is 4.56. The van der Waals surface area contributed by atoms with Crippen molar-refractivity contribution in [1.29, 1.82) is 0 Å². The molecule has 0 aliphatic heterocycles. The standard InChI is InChI=1S/C37H48N4O6S/c1-6-14-30(36(44)39-27(4)35(43)38-24-28-15-9-7-10-16-28)23-34(42)33(21-26(2)3)40-37(45)31-19-13-20-32(22-31)41(5)48(46,47)25-29-17-11-8-12-18-29/h6-13,15-20,22,26-27,30,33-34,42H,1,14,21,23-25H2,2-5H3,(H,38,43)(H,39,44)(H,40,45)/t27-,30+,33-,34-/m0/s1. The highest BCUT2D eigenvalue weighted by Crippen LogP contribution is 2.22. The van der Waals surface area contributed by atoms with Crippen molar-refractivity contribution in [2.24, 2.45) is 11.8 Å². The van der Waals surface area contributed by atoms with Crippen molar-refractivity contribution in [3.8, 4) is 0 Å². The Balaban J connectivity index is 1.67. The molecule has 0 aliphatic rings. The van der Waals surface area contributed by atoms with E-state index in [1.165, 1.54) is 13.1 Å². The summed E-state index contributed by atoms with van der Waals surface area (Å²) in [5.74, 6) is -2.01. The van der Waals surface area contributed by atoms with Crippen molar-refractivity contribution in [3.05, 3.63) is 114 Å². The molecule has 48 heavy (non-hydrogen) atoms. The van der Waals surface area contributed by atoms with Gasteiger partial charge in [-0.15, -0.1) is 6.58 Å². The number of aliphatic hydroxyl groups is 1. The first-order valence-electron chi connectivity index (χ1n) is 16.1. The van der Waals surface area contributed by atoms with Gasteiger partial charge in [0, 0.05) is 25.1 Å². The number of anilines is 1. The Morgan fingerprint density at radius 2 is 1.48 bits per heavy atom. The average Bonchev–Trinajstić information content (AvgIpc) is 3.06. The van der Waals surface area contributed by atoms with Gasteiger partial charge in [0.2, 0.25) is 21.8 Å². The van der Waals surface area contributed by atoms with E-state index in [-0.39, 0.29) is 36.0 Å². The summed E-state index contributed by atoms with van der Waals surface area (Å²) in [6, 6.07) is 23.1. The van der Waals surface area contributed by atoms with E-state index in [9.17, 15) is 27.9 Å². The van der Waals surface area contributed by atoms with Crippen LogP contribution in [0.2, 0.25) is 0 Å². The fraction of sp³-hybridized carbons (Fsp3) is 0.378. The average molecular weight is 677 g/mol. The third kappa shape index (κ3) is 11.6. The number of carbonyl (C=O) groups excluding carboxylic acids is 3. The van der Waals surface area contributed by atoms with E-state index in [4.69, 9.17) is 0 Å². The molecular weight excluding hydrogens is 628 g/mol. The Labute approximate surface area is 284 Å². The molecule has 0 saturated carbocycles. The smallest absolute Gasteiger partial charge is 0.251 e. The molecule has 11 heteroatoms. The van der Waals surface area contributed by atoms with Crippen LogP contribution in [0.15, 0.2) is 97.6 Å². The van der Waals surface area contributed by atoms with Crippen molar-refractivity contribution in [2.75, 3.05) is 11.4 Å². The van der Waals surface area contributed by atoms with Crippen LogP contribution < -0.4 is 20.3 Å². The van der Waals surface area contributed by atoms with Gasteiger partial charge in [-0.25, -0.2) is 8.42 Å². The zero-order valence-corrected chi connectivity index (χ0v) is 29.0. The van der Waals surface area contributed by atoms with Crippen molar-refractivity contribution in [1.82, 2.24) is 16.0 Å². The lowest BCUT2D eigenvalue weighted by molar-refractivity contribution is -0.131. The molecule has 3 amide bonds. The van der Waals surface area contributed by atoms with Crippen LogP contribution >= 0.6 is 0 Å². The van der Waals surface area contributed by atoms with E-state index in [0.29, 0.717) is 24.2 Å². The molecule has 0 aromatic heterocycles. The second-order valence-corrected chi connectivity index (χ2v) is 14.4. The second kappa shape index (κ2) is 18.2. The largest absolute Gasteiger partial charge is 0.391 e. The number of nitrogens with zero attached hydrogens (tertiary/aromatic N) is 1. The van der Waals surface area contributed by atoms with Crippen LogP contribution in [-0.4, -0.2) is 56.5 Å². The predicted molar refractivity (Wildman–Crippen MR) is 189 cm³/mol. The van der Waals surface area contributed by atoms with Crippen molar-refractivity contribution < 1.29 is 27.9 Å². The lowest BCUT2D eigenvalue weighted by Crippen LogP contribution is -2.49. The van der Waals surface area contributed by atoms with Crippen LogP contribution in [0.25, 0.3) is 0 Å². The molecule has 0 spiro atoms. The zero-order chi connectivity index (χ0) is 35.3. The Bertz CT molecular complexity index is 1620. The Morgan fingerprint density at radius 1 is 0.854 bits per heavy atom. The van der Waals surface area contributed by atoms with Gasteiger partial charge in [-0.1, -0.05) is 86.7 Å². The lowest BCUT2D eigenvalue weighted by Gasteiger charge is -2.29. The third-order valence-electron chi connectivity index (χ3n) is 8.00. The summed E-state index contributed by atoms with van der Waals surface area (Å²) < 4.78 is 27.4. The molecule has 10 nitrogen and oxygen atoms in total. The van der Waals surface area contributed by atoms with E-state index in [1.807, 2.05) is 50.2 Å². The molecule has 4 N–H and O–H groups in total. The molecule has 0 aliphatic carbocycles. The summed E-state index contributed by atoms with van der Waals surface area (Å²) >= 11 is 0. The summed E-state index contributed by atoms with van der Waals surface area (Å²) in [6.07, 6.45) is 1.20. The monoisotopic (exact) mass is 676 g/mol. The minimum atomic E-state index is -3.73. The number of benzene rings is 3. The maximum absolute atomic E-state index is 13.5. The molecule has 0 bridgehead atoms. The second-order valence-electron chi connectivity index (χ2n) is 12.4. The van der Waals surface area contributed by atoms with Gasteiger partial charge in [0.25, 0.3) is 5.91 Å². The quantitative estimate of drug-likeness (QED) is 0.146. The van der Waals surface area contributed by atoms with Gasteiger partial charge in [0.05, 0.1) is 23.6 Å². The summed E-state index contributed by atoms with van der Waals surface area (Å²) in [4.78, 5) is 39.4. The topological polar surface area (TPSA) is 145 Å². The summed E-state index contributed by atoms with van der Waals surface area (Å²) in [5.41, 5.74) is 2.13. The molecule has 258 valence electrons. The van der Waals surface area contributed by atoms with Gasteiger partial charge < -0.3 is 21.1 Å². The number of hydrogen-bond donors (Lipinski definition) is 4. The van der Waals surface area contributed by atoms with Crippen LogP contribution in [-0.2, 0) is 31.9 Å². The number of aliphatic hydroxyl groups excluding tert-OH is 1. The first-order valence-corrected chi connectivity index (χ1v) is 17.7. The number of amides is 3. The minimum Gasteiger partial charge on any atom is -0.391 e. The highest BCUT2D eigenvalue weighted by atomic mass is 32.2. The number of carbonyl (C=O) groups is 3. The Kier molecular flexibility index (Phi) is 14.4. The third-order valence-corrected chi connectivity index (χ3v) is 9.74. The van der Waals surface area contributed by atoms with E-state index < -0.39 is 45.9 Å². The molecule has 3 rings (SSSR count). The Morgan fingerprint density at radius 3 is 2.08 bits per heavy atom. The van der Waals surface area contributed by atoms with Crippen LogP contribution in [0, 0.1) is 11.8 Å². The van der Waals surface area contributed by atoms with Crippen LogP contribution in [0.3, 0.4) is 0 Å². The Hall–Kier alpha value is -4.48. The fourth-order valence-corrected chi connectivity index (χ4v) is 6.50. The van der Waals surface area contributed by atoms with Gasteiger partial charge in [-0.05, 0) is 61.4 Å². The van der Waals surface area contributed by atoms with E-state index in [1.54, 1.807) is 55.5 Å². The number of allylic oxidation sites excluding steroid dienone is 1. The number of nitrogens with one attached hydrogen (secondary N) is 3. The summed E-state index contributed by atoms with van der Waals surface area (Å²) in [5, 5.41) is 19.8. The molecule has 3 aromatic carbocycles. The zero-order valence-electron chi connectivity index (χ0n) is 28.1. The first kappa shape index (κ1) is 38.0. The van der Waals surface area contributed by atoms with Crippen LogP contribution in [0.5, 0.6) is 0 Å². The summed E-state index contributed by atoms with van der Waals surface area (Å²) in [6.45, 7) is 9.60. The summed E-state index contributed by atoms with van der Waals surface area (Å²) in [7, 11) is -2.28. The van der Waals surface area contributed by atoms with E-state index in [2.05, 4.69) is 22.5 Å². The van der Waals surface area contributed by atoms with Crippen molar-refractivity contribution in [3.63, 3.8) is 0 Å². The highest BCUT2D eigenvalue weighted by molar-refractivity contribution is 7.92. The van der Waals surface area contributed by atoms with Gasteiger partial charge in [0.1, 0.15) is 6.04 Å². The van der Waals surface area contributed by atoms with Gasteiger partial charge in [-0.3, -0.25) is 18.7 Å². The van der Waals surface area contributed by atoms with Gasteiger partial charge >= 0.3 is 0 Å². The minimum absolute atomic E-state index is 0.0222. The SMILES string of the molecule is C=CC[C@H](C[C@H](O)[C@H](CC(C)C)NC(=O)c1cccc(N(C)S(=O)(=O)Cc2ccccc2)c1)C(=O)N[C@@H](C)C(=O)NCc1ccccc1. The highest BCUT2D eigenvalue weighted by Gasteiger charge is 2.30. The molecule has 0 fully saturated rings. The molecule has 0 radical (unpaired) electrons. The molecular formula is C37H48N4O6S. The maximum Gasteiger partial charge on any atom is 0.251 e. The maximum atomic E-state index is 13.5. The molecule has 0 heterocycles. The van der Waals surface area contributed by atoms with Crippen molar-refractivity contribution in [2.45, 2.75) is 70.5 Å². The number of sulfonamides is 1. The first-order chi connectivity index (χ1) is 22.8. The van der Waals surface area contributed by atoms with Crippen LogP contribution in [0.4, 0.5) is 5.69 Å². The number of hydrogen-bond acceptors (Lipinski definition) is 6. The van der Waals surface area contributed by atoms with Gasteiger partial charge in [-0.2, -0.15) is 0 Å². The normalized spacial score (nSPS) is 13.9. The molecule has 0 unspecified atom stereocenters. The number of rotatable bonds is 18.